The van der Waals surface area contributed by atoms with Crippen LogP contribution in [0.5, 0.6) is 0 Å². The molecule has 0 aliphatic rings. The lowest BCUT2D eigenvalue weighted by Gasteiger charge is -2.21. The molecule has 0 aromatic heterocycles. The summed E-state index contributed by atoms with van der Waals surface area (Å²) in [4.78, 5) is 72.3. The van der Waals surface area contributed by atoms with Gasteiger partial charge in [-0.3, -0.25) is 37.3 Å². The molecule has 0 saturated heterocycles. The Morgan fingerprint density at radius 2 is 0.495 bits per heavy atom. The van der Waals surface area contributed by atoms with Crippen LogP contribution in [-0.2, 0) is 65.4 Å². The summed E-state index contributed by atoms with van der Waals surface area (Å²) < 4.78 is 68.1. The van der Waals surface area contributed by atoms with Crippen LogP contribution in [0.25, 0.3) is 0 Å². The first-order chi connectivity index (χ1) is 45.0. The van der Waals surface area contributed by atoms with E-state index >= 15 is 0 Å². The summed E-state index contributed by atoms with van der Waals surface area (Å²) in [5, 5.41) is 10.6. The summed E-state index contributed by atoms with van der Waals surface area (Å²) in [6.45, 7) is 7.18. The number of aliphatic hydroxyl groups is 1. The highest BCUT2D eigenvalue weighted by Crippen LogP contribution is 2.45. The molecule has 0 aliphatic carbocycles. The topological polar surface area (TPSA) is 237 Å². The maximum Gasteiger partial charge on any atom is 0.472 e. The molecular formula is C74H144O17P2. The van der Waals surface area contributed by atoms with Crippen molar-refractivity contribution in [3.8, 4) is 0 Å². The molecule has 3 N–H and O–H groups in total. The number of aliphatic hydroxyl groups excluding tert-OH is 1. The van der Waals surface area contributed by atoms with Gasteiger partial charge in [-0.2, -0.15) is 0 Å². The number of hydrogen-bond acceptors (Lipinski definition) is 15. The number of phosphoric acid groups is 2. The molecule has 93 heavy (non-hydrogen) atoms. The van der Waals surface area contributed by atoms with Gasteiger partial charge in [-0.05, 0) is 31.6 Å². The number of carbonyl (C=O) groups is 4. The zero-order chi connectivity index (χ0) is 68.4. The molecule has 0 aliphatic heterocycles. The molecule has 17 nitrogen and oxygen atoms in total. The van der Waals surface area contributed by atoms with Gasteiger partial charge in [0, 0.05) is 25.7 Å². The van der Waals surface area contributed by atoms with Crippen molar-refractivity contribution in [1.29, 1.82) is 0 Å². The number of carbonyl (C=O) groups excluding carboxylic acids is 4. The quantitative estimate of drug-likeness (QED) is 0.0222. The molecule has 0 fully saturated rings. The first-order valence-electron chi connectivity index (χ1n) is 38.6. The van der Waals surface area contributed by atoms with Gasteiger partial charge >= 0.3 is 39.5 Å². The van der Waals surface area contributed by atoms with Crippen LogP contribution in [0, 0.1) is 5.92 Å². The van der Waals surface area contributed by atoms with Crippen LogP contribution in [-0.4, -0.2) is 96.7 Å². The highest BCUT2D eigenvalue weighted by Gasteiger charge is 2.30. The van der Waals surface area contributed by atoms with Crippen LogP contribution in [0.2, 0.25) is 0 Å². The minimum absolute atomic E-state index is 0.104. The zero-order valence-corrected chi connectivity index (χ0v) is 62.2. The van der Waals surface area contributed by atoms with Gasteiger partial charge in [0.25, 0.3) is 0 Å². The van der Waals surface area contributed by atoms with Gasteiger partial charge in [0.1, 0.15) is 19.3 Å². The van der Waals surface area contributed by atoms with E-state index in [0.29, 0.717) is 25.7 Å². The number of ether oxygens (including phenoxy) is 4. The summed E-state index contributed by atoms with van der Waals surface area (Å²) in [6.07, 6.45) is 56.2. The third kappa shape index (κ3) is 68.4. The second kappa shape index (κ2) is 67.3. The summed E-state index contributed by atoms with van der Waals surface area (Å²) in [5.74, 6) is -1.32. The second-order valence-electron chi connectivity index (χ2n) is 27.2. The van der Waals surface area contributed by atoms with Crippen molar-refractivity contribution in [2.24, 2.45) is 5.92 Å². The Morgan fingerprint density at radius 3 is 0.731 bits per heavy atom. The fourth-order valence-corrected chi connectivity index (χ4v) is 12.9. The Morgan fingerprint density at radius 1 is 0.290 bits per heavy atom. The Bertz CT molecular complexity index is 1790. The smallest absolute Gasteiger partial charge is 0.462 e. The summed E-state index contributed by atoms with van der Waals surface area (Å²) in [6, 6.07) is 0. The summed E-state index contributed by atoms with van der Waals surface area (Å²) in [5.41, 5.74) is 0. The maximum absolute atomic E-state index is 13.1. The van der Waals surface area contributed by atoms with E-state index in [-0.39, 0.29) is 25.7 Å². The molecule has 5 atom stereocenters. The van der Waals surface area contributed by atoms with E-state index < -0.39 is 97.5 Å². The Balaban J connectivity index is 5.08. The molecule has 0 heterocycles. The van der Waals surface area contributed by atoms with Crippen molar-refractivity contribution in [2.45, 2.75) is 406 Å². The van der Waals surface area contributed by atoms with E-state index in [2.05, 4.69) is 34.6 Å². The minimum atomic E-state index is -4.95. The van der Waals surface area contributed by atoms with Crippen LogP contribution >= 0.6 is 15.6 Å². The van der Waals surface area contributed by atoms with E-state index in [0.717, 1.165) is 109 Å². The van der Waals surface area contributed by atoms with Crippen molar-refractivity contribution in [3.63, 3.8) is 0 Å². The van der Waals surface area contributed by atoms with E-state index in [1.54, 1.807) is 0 Å². The average Bonchev–Trinajstić information content (AvgIpc) is 2.11. The fourth-order valence-electron chi connectivity index (χ4n) is 11.4. The molecule has 552 valence electrons. The Kier molecular flexibility index (Phi) is 65.9. The third-order valence-electron chi connectivity index (χ3n) is 17.3. The molecule has 19 heteroatoms. The lowest BCUT2D eigenvalue weighted by atomic mass is 10.0. The predicted octanol–water partition coefficient (Wildman–Crippen LogP) is 21.7. The van der Waals surface area contributed by atoms with Gasteiger partial charge in [-0.1, -0.05) is 336 Å². The molecular weight excluding hydrogens is 1220 g/mol. The second-order valence-corrected chi connectivity index (χ2v) is 30.1. The largest absolute Gasteiger partial charge is 0.472 e. The van der Waals surface area contributed by atoms with Crippen LogP contribution < -0.4 is 0 Å². The fraction of sp³-hybridized carbons (Fsp3) is 0.946. The van der Waals surface area contributed by atoms with Crippen LogP contribution in [0.15, 0.2) is 0 Å². The van der Waals surface area contributed by atoms with E-state index in [1.165, 1.54) is 199 Å². The molecule has 0 amide bonds. The van der Waals surface area contributed by atoms with Crippen molar-refractivity contribution in [2.75, 3.05) is 39.6 Å². The van der Waals surface area contributed by atoms with Gasteiger partial charge in [0.2, 0.25) is 0 Å². The Hall–Kier alpha value is -1.94. The average molecular weight is 1370 g/mol. The molecule has 0 aromatic carbocycles. The predicted molar refractivity (Wildman–Crippen MR) is 377 cm³/mol. The number of unbranched alkanes of at least 4 members (excludes halogenated alkanes) is 46. The van der Waals surface area contributed by atoms with E-state index in [4.69, 9.17) is 37.0 Å². The number of rotatable bonds is 74. The Labute approximate surface area is 568 Å². The zero-order valence-electron chi connectivity index (χ0n) is 60.4. The highest BCUT2D eigenvalue weighted by atomic mass is 31.2. The first-order valence-corrected chi connectivity index (χ1v) is 41.6. The summed E-state index contributed by atoms with van der Waals surface area (Å²) in [7, 11) is -9.89. The van der Waals surface area contributed by atoms with Gasteiger partial charge < -0.3 is 33.8 Å². The number of esters is 4. The van der Waals surface area contributed by atoms with Gasteiger partial charge in [0.05, 0.1) is 26.4 Å². The lowest BCUT2D eigenvalue weighted by Crippen LogP contribution is -2.30. The molecule has 0 rings (SSSR count). The SMILES string of the molecule is CCCCCCCCCCCCCCCCCCCCCCCC(=O)O[C@H](COC(=O)CCCCCCCCCCCCCCCCCCC(C)C)COP(=O)(O)OC[C@@H](O)COP(=O)(O)OC[C@@H](COC(=O)CCCCCCC)OC(=O)CCCCCCCCCC. The summed E-state index contributed by atoms with van der Waals surface area (Å²) >= 11 is 0. The van der Waals surface area contributed by atoms with Crippen LogP contribution in [0.4, 0.5) is 0 Å². The van der Waals surface area contributed by atoms with E-state index in [9.17, 15) is 43.2 Å². The first kappa shape index (κ1) is 91.1. The third-order valence-corrected chi connectivity index (χ3v) is 19.2. The maximum atomic E-state index is 13.1. The van der Waals surface area contributed by atoms with Crippen molar-refractivity contribution in [3.05, 3.63) is 0 Å². The van der Waals surface area contributed by atoms with E-state index in [1.807, 2.05) is 0 Å². The standard InChI is InChI=1S/C74H144O17P2/c1-6-9-12-15-17-19-20-21-22-23-24-25-26-27-32-35-38-41-45-50-55-60-74(79)91-70(64-85-72(77)58-53-48-44-40-37-34-31-29-28-30-33-36-39-42-47-51-56-67(4)5)66-89-93(82,83)87-62-68(75)61-86-92(80,81)88-65-69(63-84-71(76)57-52-46-14-11-8-3)90-73(78)59-54-49-43-18-16-13-10-7-2/h67-70,75H,6-66H2,1-5H3,(H,80,81)(H,82,83)/t68-,69+,70+/m0/s1. The number of phosphoric ester groups is 2. The van der Waals surface area contributed by atoms with Crippen LogP contribution in [0.1, 0.15) is 388 Å². The van der Waals surface area contributed by atoms with Crippen molar-refractivity contribution < 1.29 is 80.2 Å². The molecule has 0 saturated carbocycles. The molecule has 2 unspecified atom stereocenters. The molecule has 0 radical (unpaired) electrons. The van der Waals surface area contributed by atoms with Gasteiger partial charge in [0.15, 0.2) is 12.2 Å². The monoisotopic (exact) mass is 1370 g/mol. The lowest BCUT2D eigenvalue weighted by molar-refractivity contribution is -0.161. The molecule has 0 bridgehead atoms. The van der Waals surface area contributed by atoms with Crippen molar-refractivity contribution in [1.82, 2.24) is 0 Å². The normalized spacial score (nSPS) is 14.0. The molecule has 0 spiro atoms. The van der Waals surface area contributed by atoms with Gasteiger partial charge in [-0.25, -0.2) is 9.13 Å². The van der Waals surface area contributed by atoms with Crippen molar-refractivity contribution >= 4 is 39.5 Å². The number of hydrogen-bond donors (Lipinski definition) is 3. The van der Waals surface area contributed by atoms with Crippen LogP contribution in [0.3, 0.4) is 0 Å². The minimum Gasteiger partial charge on any atom is -0.462 e. The molecule has 0 aromatic rings. The van der Waals surface area contributed by atoms with Gasteiger partial charge in [-0.15, -0.1) is 0 Å². The highest BCUT2D eigenvalue weighted by molar-refractivity contribution is 7.47.